The van der Waals surface area contributed by atoms with Crippen molar-refractivity contribution >= 4 is 34.5 Å². The van der Waals surface area contributed by atoms with Crippen LogP contribution in [0.3, 0.4) is 0 Å². The maximum atomic E-state index is 13.7. The minimum atomic E-state index is -0.807. The van der Waals surface area contributed by atoms with Crippen LogP contribution in [-0.2, 0) is 29.2 Å². The van der Waals surface area contributed by atoms with Crippen molar-refractivity contribution < 1.29 is 19.2 Å². The normalized spacial score (nSPS) is 20.4. The van der Waals surface area contributed by atoms with Crippen LogP contribution < -0.4 is 5.32 Å². The fraction of sp³-hybridized carbons (Fsp3) is 0.375. The van der Waals surface area contributed by atoms with Crippen molar-refractivity contribution in [1.82, 2.24) is 34.9 Å². The Morgan fingerprint density at radius 3 is 2.61 bits per heavy atom. The summed E-state index contributed by atoms with van der Waals surface area (Å²) in [7, 11) is 0. The first-order chi connectivity index (χ1) is 21.3. The highest BCUT2D eigenvalue weighted by Crippen LogP contribution is 2.36. The van der Waals surface area contributed by atoms with E-state index in [0.717, 1.165) is 18.4 Å². The number of hydrogen-bond donors (Lipinski definition) is 1. The number of nitrogens with one attached hydrogen (secondary N) is 1. The number of Topliss-reactive ketones (excluding diaryl/α,β-unsaturated/α-hetero) is 1. The molecule has 0 radical (unpaired) electrons. The highest BCUT2D eigenvalue weighted by Gasteiger charge is 2.50. The van der Waals surface area contributed by atoms with Gasteiger partial charge < -0.3 is 15.1 Å². The summed E-state index contributed by atoms with van der Waals surface area (Å²) in [4.78, 5) is 57.0. The summed E-state index contributed by atoms with van der Waals surface area (Å²) in [6.45, 7) is 6.15. The maximum absolute atomic E-state index is 13.7. The standard InChI is InChI=1S/C32H34N8O4/c1-3-15-37-20-27(41)39-21(2)31(43)36(19-26(39)40(37)32(44)34-17-22-8-5-4-6-9-22)18-24-10-7-11-25-28(24)35-38(16-14-33)29(25)30(42)23-12-13-23/h3-11,21,23,26H,1,12-13,15-20H2,2H3,(H,34,44)/t21-,26-/m0/s1. The van der Waals surface area contributed by atoms with E-state index >= 15 is 0 Å². The van der Waals surface area contributed by atoms with Crippen LogP contribution in [0.25, 0.3) is 10.9 Å². The first-order valence-corrected chi connectivity index (χ1v) is 14.8. The number of aromatic nitrogens is 2. The summed E-state index contributed by atoms with van der Waals surface area (Å²) in [6, 6.07) is 15.9. The number of nitriles is 1. The topological polar surface area (TPSA) is 135 Å². The molecule has 12 heteroatoms. The van der Waals surface area contributed by atoms with E-state index in [1.807, 2.05) is 48.5 Å². The fourth-order valence-electron chi connectivity index (χ4n) is 6.18. The van der Waals surface area contributed by atoms with Gasteiger partial charge in [-0.05, 0) is 30.9 Å². The first-order valence-electron chi connectivity index (χ1n) is 14.8. The van der Waals surface area contributed by atoms with Gasteiger partial charge in [-0.2, -0.15) is 10.4 Å². The summed E-state index contributed by atoms with van der Waals surface area (Å²) < 4.78 is 1.46. The lowest BCUT2D eigenvalue weighted by molar-refractivity contribution is -0.188. The molecule has 1 aliphatic carbocycles. The van der Waals surface area contributed by atoms with E-state index in [-0.39, 0.29) is 62.3 Å². The van der Waals surface area contributed by atoms with Gasteiger partial charge in [0.25, 0.3) is 0 Å². The molecule has 1 N–H and O–H groups in total. The van der Waals surface area contributed by atoms with E-state index in [1.54, 1.807) is 22.9 Å². The number of hydrazine groups is 1. The van der Waals surface area contributed by atoms with Crippen LogP contribution in [0, 0.1) is 17.2 Å². The SMILES string of the molecule is C=CCN1CC(=O)N2[C@@H](C)C(=O)N(Cc3cccc4c(C(=O)C5CC5)n(CC#N)nc34)C[C@@H]2N1C(=O)NCc1ccccc1. The zero-order chi connectivity index (χ0) is 31.0. The Morgan fingerprint density at radius 1 is 1.14 bits per heavy atom. The van der Waals surface area contributed by atoms with Gasteiger partial charge in [-0.15, -0.1) is 6.58 Å². The molecule has 2 aromatic carbocycles. The Bertz CT molecular complexity index is 1670. The molecule has 6 rings (SSSR count). The summed E-state index contributed by atoms with van der Waals surface area (Å²) in [5.74, 6) is -0.560. The predicted octanol–water partition coefficient (Wildman–Crippen LogP) is 2.67. The second kappa shape index (κ2) is 11.9. The molecule has 2 aliphatic heterocycles. The van der Waals surface area contributed by atoms with E-state index in [2.05, 4.69) is 23.1 Å². The van der Waals surface area contributed by atoms with Crippen molar-refractivity contribution in [3.8, 4) is 6.07 Å². The Kier molecular flexibility index (Phi) is 7.88. The average molecular weight is 595 g/mol. The number of rotatable bonds is 9. The first kappa shape index (κ1) is 29.1. The lowest BCUT2D eigenvalue weighted by Gasteiger charge is -2.54. The van der Waals surface area contributed by atoms with E-state index in [0.29, 0.717) is 28.7 Å². The van der Waals surface area contributed by atoms with Gasteiger partial charge >= 0.3 is 6.03 Å². The van der Waals surface area contributed by atoms with Crippen molar-refractivity contribution in [3.63, 3.8) is 0 Å². The van der Waals surface area contributed by atoms with Crippen LogP contribution in [0.15, 0.2) is 61.2 Å². The molecular weight excluding hydrogens is 560 g/mol. The van der Waals surface area contributed by atoms with Crippen LogP contribution in [0.5, 0.6) is 0 Å². The number of ketones is 1. The van der Waals surface area contributed by atoms with Crippen molar-refractivity contribution in [2.75, 3.05) is 19.6 Å². The van der Waals surface area contributed by atoms with Gasteiger partial charge in [0.05, 0.1) is 24.7 Å². The van der Waals surface area contributed by atoms with Crippen molar-refractivity contribution in [3.05, 3.63) is 78.0 Å². The van der Waals surface area contributed by atoms with Crippen molar-refractivity contribution in [2.45, 2.75) is 51.6 Å². The summed E-state index contributed by atoms with van der Waals surface area (Å²) in [6.07, 6.45) is 2.54. The summed E-state index contributed by atoms with van der Waals surface area (Å²) in [5.41, 5.74) is 2.62. The molecule has 1 saturated carbocycles. The second-order valence-electron chi connectivity index (χ2n) is 11.4. The molecular formula is C32H34N8O4. The molecule has 44 heavy (non-hydrogen) atoms. The summed E-state index contributed by atoms with van der Waals surface area (Å²) >= 11 is 0. The molecule has 1 aromatic heterocycles. The van der Waals surface area contributed by atoms with Crippen LogP contribution >= 0.6 is 0 Å². The number of hydrogen-bond acceptors (Lipinski definition) is 7. The lowest BCUT2D eigenvalue weighted by Crippen LogP contribution is -2.75. The van der Waals surface area contributed by atoms with Crippen molar-refractivity contribution in [1.29, 1.82) is 5.26 Å². The van der Waals surface area contributed by atoms with E-state index < -0.39 is 12.2 Å². The van der Waals surface area contributed by atoms with E-state index in [4.69, 9.17) is 0 Å². The van der Waals surface area contributed by atoms with Crippen molar-refractivity contribution in [2.24, 2.45) is 5.92 Å². The molecule has 0 unspecified atom stereocenters. The Morgan fingerprint density at radius 2 is 1.91 bits per heavy atom. The van der Waals surface area contributed by atoms with Crippen LogP contribution in [0.4, 0.5) is 4.79 Å². The molecule has 2 saturated heterocycles. The van der Waals surface area contributed by atoms with Crippen LogP contribution in [-0.4, -0.2) is 85.1 Å². The number of urea groups is 1. The molecule has 12 nitrogen and oxygen atoms in total. The third-order valence-electron chi connectivity index (χ3n) is 8.44. The largest absolute Gasteiger partial charge is 0.334 e. The van der Waals surface area contributed by atoms with Gasteiger partial charge in [0.15, 0.2) is 5.78 Å². The quantitative estimate of drug-likeness (QED) is 0.297. The molecule has 4 amide bonds. The molecule has 0 spiro atoms. The molecule has 3 aliphatic rings. The lowest BCUT2D eigenvalue weighted by atomic mass is 10.0. The van der Waals surface area contributed by atoms with Crippen LogP contribution in [0.2, 0.25) is 0 Å². The van der Waals surface area contributed by atoms with Gasteiger partial charge in [0, 0.05) is 30.9 Å². The highest BCUT2D eigenvalue weighted by atomic mass is 16.2. The molecule has 226 valence electrons. The van der Waals surface area contributed by atoms with E-state index in [1.165, 1.54) is 14.6 Å². The van der Waals surface area contributed by atoms with Crippen LogP contribution in [0.1, 0.15) is 41.4 Å². The number of fused-ring (bicyclic) bond motifs is 2. The minimum Gasteiger partial charge on any atom is -0.333 e. The van der Waals surface area contributed by atoms with E-state index in [9.17, 15) is 24.4 Å². The van der Waals surface area contributed by atoms with Gasteiger partial charge in [0.1, 0.15) is 24.4 Å². The predicted molar refractivity (Wildman–Crippen MR) is 160 cm³/mol. The Labute approximate surface area is 255 Å². The monoisotopic (exact) mass is 594 g/mol. The number of carbonyl (C=O) groups is 4. The molecule has 0 bridgehead atoms. The third kappa shape index (κ3) is 5.31. The minimum absolute atomic E-state index is 0.0154. The Hall–Kier alpha value is -5.02. The van der Waals surface area contributed by atoms with Gasteiger partial charge in [-0.3, -0.25) is 14.4 Å². The fourth-order valence-corrected chi connectivity index (χ4v) is 6.18. The third-order valence-corrected chi connectivity index (χ3v) is 8.44. The average Bonchev–Trinajstić information content (AvgIpc) is 3.80. The molecule has 3 fully saturated rings. The smallest absolute Gasteiger partial charge is 0.333 e. The Balaban J connectivity index is 1.31. The number of benzene rings is 2. The molecule has 3 heterocycles. The van der Waals surface area contributed by atoms with Gasteiger partial charge in [-0.25, -0.2) is 19.5 Å². The number of piperazine rings is 1. The zero-order valence-electron chi connectivity index (χ0n) is 24.6. The molecule has 3 aromatic rings. The van der Waals surface area contributed by atoms with Gasteiger partial charge in [0.2, 0.25) is 11.8 Å². The number of nitrogens with zero attached hydrogens (tertiary/aromatic N) is 7. The van der Waals surface area contributed by atoms with Gasteiger partial charge in [-0.1, -0.05) is 54.6 Å². The zero-order valence-corrected chi connectivity index (χ0v) is 24.6. The molecule has 2 atom stereocenters. The summed E-state index contributed by atoms with van der Waals surface area (Å²) in [5, 5.41) is 20.8. The highest BCUT2D eigenvalue weighted by molar-refractivity contribution is 6.08. The second-order valence-corrected chi connectivity index (χ2v) is 11.4. The number of amides is 4. The number of carbonyl (C=O) groups excluding carboxylic acids is 4. The maximum Gasteiger partial charge on any atom is 0.334 e.